The Morgan fingerprint density at radius 2 is 1.89 bits per heavy atom. The van der Waals surface area contributed by atoms with Gasteiger partial charge in [0.15, 0.2) is 0 Å². The van der Waals surface area contributed by atoms with Gasteiger partial charge in [0.2, 0.25) is 5.91 Å². The van der Waals surface area contributed by atoms with Crippen LogP contribution < -0.4 is 11.1 Å². The van der Waals surface area contributed by atoms with Crippen LogP contribution in [0.3, 0.4) is 0 Å². The Labute approximate surface area is 110 Å². The molecule has 1 atom stereocenters. The zero-order valence-electron chi connectivity index (χ0n) is 10.8. The lowest BCUT2D eigenvalue weighted by Crippen LogP contribution is -2.42. The van der Waals surface area contributed by atoms with Gasteiger partial charge in [-0.15, -0.1) is 0 Å². The van der Waals surface area contributed by atoms with Gasteiger partial charge < -0.3 is 11.1 Å². The summed E-state index contributed by atoms with van der Waals surface area (Å²) in [5, 5.41) is 2.60. The molecule has 0 saturated carbocycles. The largest absolute Gasteiger partial charge is 0.368 e. The van der Waals surface area contributed by atoms with E-state index in [-0.39, 0.29) is 0 Å². The van der Waals surface area contributed by atoms with Crippen LogP contribution in [0.5, 0.6) is 0 Å². The van der Waals surface area contributed by atoms with Crippen LogP contribution in [-0.4, -0.2) is 29.3 Å². The average Bonchev–Trinajstić information content (AvgIpc) is 2.54. The van der Waals surface area contributed by atoms with Crippen molar-refractivity contribution in [3.63, 3.8) is 0 Å². The summed E-state index contributed by atoms with van der Waals surface area (Å²) in [4.78, 5) is 35.8. The third kappa shape index (κ3) is 2.16. The molecular weight excluding hydrogens is 246 g/mol. The van der Waals surface area contributed by atoms with Crippen LogP contribution in [-0.2, 0) is 15.1 Å². The van der Waals surface area contributed by atoms with Crippen LogP contribution in [0.15, 0.2) is 24.3 Å². The summed E-state index contributed by atoms with van der Waals surface area (Å²) < 4.78 is 0. The van der Waals surface area contributed by atoms with E-state index >= 15 is 0 Å². The van der Waals surface area contributed by atoms with Gasteiger partial charge >= 0.3 is 6.03 Å². The van der Waals surface area contributed by atoms with E-state index in [1.165, 1.54) is 0 Å². The van der Waals surface area contributed by atoms with E-state index < -0.39 is 29.9 Å². The van der Waals surface area contributed by atoms with Crippen molar-refractivity contribution in [2.24, 2.45) is 5.73 Å². The molecule has 0 bridgehead atoms. The zero-order valence-corrected chi connectivity index (χ0v) is 10.8. The van der Waals surface area contributed by atoms with Crippen molar-refractivity contribution in [1.82, 2.24) is 10.2 Å². The number of nitrogens with one attached hydrogen (secondary N) is 1. The Hall–Kier alpha value is -2.37. The lowest BCUT2D eigenvalue weighted by molar-refractivity contribution is -0.134. The highest BCUT2D eigenvalue weighted by Crippen LogP contribution is 2.28. The van der Waals surface area contributed by atoms with Crippen molar-refractivity contribution < 1.29 is 14.4 Å². The fourth-order valence-electron chi connectivity index (χ4n) is 2.08. The van der Waals surface area contributed by atoms with Gasteiger partial charge in [-0.1, -0.05) is 29.8 Å². The molecule has 6 nitrogen and oxygen atoms in total. The fraction of sp³-hybridized carbons (Fsp3) is 0.308. The Balaban J connectivity index is 2.35. The summed E-state index contributed by atoms with van der Waals surface area (Å²) in [5.74, 6) is -1.20. The summed E-state index contributed by atoms with van der Waals surface area (Å²) in [6, 6.07) is 6.67. The van der Waals surface area contributed by atoms with Gasteiger partial charge in [-0.05, 0) is 19.4 Å². The number of carbonyl (C=O) groups excluding carboxylic acids is 3. The molecule has 0 unspecified atom stereocenters. The fourth-order valence-corrected chi connectivity index (χ4v) is 2.08. The molecule has 19 heavy (non-hydrogen) atoms. The maximum Gasteiger partial charge on any atom is 0.325 e. The maximum atomic E-state index is 12.3. The first-order valence-corrected chi connectivity index (χ1v) is 5.84. The molecule has 6 heteroatoms. The van der Waals surface area contributed by atoms with Crippen molar-refractivity contribution in [2.45, 2.75) is 19.4 Å². The van der Waals surface area contributed by atoms with Crippen LogP contribution in [0.25, 0.3) is 0 Å². The second kappa shape index (κ2) is 4.38. The van der Waals surface area contributed by atoms with E-state index in [1.54, 1.807) is 19.1 Å². The van der Waals surface area contributed by atoms with Crippen molar-refractivity contribution in [3.05, 3.63) is 35.4 Å². The van der Waals surface area contributed by atoms with Gasteiger partial charge in [-0.25, -0.2) is 4.79 Å². The van der Waals surface area contributed by atoms with Crippen LogP contribution in [0.2, 0.25) is 0 Å². The second-order valence-electron chi connectivity index (χ2n) is 4.78. The van der Waals surface area contributed by atoms with E-state index in [4.69, 9.17) is 5.73 Å². The highest BCUT2D eigenvalue weighted by molar-refractivity contribution is 6.09. The summed E-state index contributed by atoms with van der Waals surface area (Å²) in [6.07, 6.45) is 0. The first-order valence-electron chi connectivity index (χ1n) is 5.84. The minimum atomic E-state index is -1.15. The number of hydrogen-bond donors (Lipinski definition) is 2. The van der Waals surface area contributed by atoms with Crippen LogP contribution in [0.1, 0.15) is 18.1 Å². The van der Waals surface area contributed by atoms with Crippen molar-refractivity contribution in [2.75, 3.05) is 6.54 Å². The number of imide groups is 1. The predicted octanol–water partition coefficient (Wildman–Crippen LogP) is 0.247. The average molecular weight is 261 g/mol. The molecule has 100 valence electrons. The standard InChI is InChI=1S/C13H15N3O3/c1-8-3-5-9(6-4-8)13(2)11(18)16(7-10(14)17)12(19)15-13/h3-6H,7H2,1-2H3,(H2,14,17)(H,15,19)/t13-/m0/s1. The molecule has 0 spiro atoms. The Kier molecular flexibility index (Phi) is 3.01. The second-order valence-corrected chi connectivity index (χ2v) is 4.78. The molecule has 0 aliphatic carbocycles. The van der Waals surface area contributed by atoms with E-state index in [1.807, 2.05) is 19.1 Å². The van der Waals surface area contributed by atoms with Gasteiger partial charge in [0.1, 0.15) is 12.1 Å². The number of nitrogens with zero attached hydrogens (tertiary/aromatic N) is 1. The SMILES string of the molecule is Cc1ccc([C@]2(C)NC(=O)N(CC(N)=O)C2=O)cc1. The number of aryl methyl sites for hydroxylation is 1. The molecule has 1 aliphatic rings. The molecule has 0 aromatic heterocycles. The molecule has 1 aromatic carbocycles. The molecule has 4 amide bonds. The molecule has 1 saturated heterocycles. The number of hydrogen-bond acceptors (Lipinski definition) is 3. The monoisotopic (exact) mass is 261 g/mol. The van der Waals surface area contributed by atoms with Crippen LogP contribution in [0, 0.1) is 6.92 Å². The van der Waals surface area contributed by atoms with Crippen molar-refractivity contribution >= 4 is 17.8 Å². The molecule has 1 fully saturated rings. The minimum Gasteiger partial charge on any atom is -0.368 e. The minimum absolute atomic E-state index is 0.411. The summed E-state index contributed by atoms with van der Waals surface area (Å²) in [6.45, 7) is 3.13. The predicted molar refractivity (Wildman–Crippen MR) is 68.0 cm³/mol. The Bertz CT molecular complexity index is 553. The highest BCUT2D eigenvalue weighted by Gasteiger charge is 2.49. The van der Waals surface area contributed by atoms with Crippen LogP contribution >= 0.6 is 0 Å². The number of benzene rings is 1. The topological polar surface area (TPSA) is 92.5 Å². The van der Waals surface area contributed by atoms with Crippen molar-refractivity contribution in [3.8, 4) is 0 Å². The molecule has 1 aromatic rings. The zero-order chi connectivity index (χ0) is 14.2. The van der Waals surface area contributed by atoms with E-state index in [2.05, 4.69) is 5.32 Å². The number of urea groups is 1. The Morgan fingerprint density at radius 3 is 2.42 bits per heavy atom. The van der Waals surface area contributed by atoms with Gasteiger partial charge in [-0.3, -0.25) is 14.5 Å². The number of amides is 4. The van der Waals surface area contributed by atoms with Gasteiger partial charge in [0.25, 0.3) is 5.91 Å². The lowest BCUT2D eigenvalue weighted by atomic mass is 9.91. The molecule has 3 N–H and O–H groups in total. The highest BCUT2D eigenvalue weighted by atomic mass is 16.2. The molecule has 1 aliphatic heterocycles. The normalized spacial score (nSPS) is 22.5. The van der Waals surface area contributed by atoms with Crippen LogP contribution in [0.4, 0.5) is 4.79 Å². The quantitative estimate of drug-likeness (QED) is 0.764. The van der Waals surface area contributed by atoms with Gasteiger partial charge in [0.05, 0.1) is 0 Å². The Morgan fingerprint density at radius 1 is 1.32 bits per heavy atom. The van der Waals surface area contributed by atoms with Crippen molar-refractivity contribution in [1.29, 1.82) is 0 Å². The summed E-state index contributed by atoms with van der Waals surface area (Å²) in [5.41, 5.74) is 5.60. The van der Waals surface area contributed by atoms with Gasteiger partial charge in [0, 0.05) is 0 Å². The van der Waals surface area contributed by atoms with E-state index in [9.17, 15) is 14.4 Å². The number of carbonyl (C=O) groups is 3. The summed E-state index contributed by atoms with van der Waals surface area (Å²) in [7, 11) is 0. The molecule has 2 rings (SSSR count). The maximum absolute atomic E-state index is 12.3. The van der Waals surface area contributed by atoms with E-state index in [0.717, 1.165) is 10.5 Å². The number of nitrogens with two attached hydrogens (primary N) is 1. The van der Waals surface area contributed by atoms with Gasteiger partial charge in [-0.2, -0.15) is 0 Å². The molecular formula is C13H15N3O3. The smallest absolute Gasteiger partial charge is 0.325 e. The first kappa shape index (κ1) is 13.1. The first-order chi connectivity index (χ1) is 8.84. The molecule has 1 heterocycles. The van der Waals surface area contributed by atoms with E-state index in [0.29, 0.717) is 5.56 Å². The lowest BCUT2D eigenvalue weighted by Gasteiger charge is -2.22. The summed E-state index contributed by atoms with van der Waals surface area (Å²) >= 11 is 0. The number of primary amides is 1. The molecule has 0 radical (unpaired) electrons. The number of rotatable bonds is 3. The third-order valence-electron chi connectivity index (χ3n) is 3.22. The third-order valence-corrected chi connectivity index (χ3v) is 3.22.